The molecule has 0 saturated carbocycles. The van der Waals surface area contributed by atoms with Gasteiger partial charge in [0, 0.05) is 7.11 Å². The van der Waals surface area contributed by atoms with Gasteiger partial charge >= 0.3 is 0 Å². The highest BCUT2D eigenvalue weighted by atomic mass is 16.5. The molecule has 0 spiro atoms. The maximum absolute atomic E-state index is 6.26. The van der Waals surface area contributed by atoms with Crippen LogP contribution in [0.5, 0.6) is 5.75 Å². The lowest BCUT2D eigenvalue weighted by Crippen LogP contribution is -2.11. The fraction of sp³-hybridized carbons (Fsp3) is 0.250. The van der Waals surface area contributed by atoms with Crippen molar-refractivity contribution in [3.05, 3.63) is 65.2 Å². The fourth-order valence-electron chi connectivity index (χ4n) is 1.99. The average molecular weight is 257 g/mol. The Hall–Kier alpha value is -1.84. The monoisotopic (exact) mass is 257 g/mol. The van der Waals surface area contributed by atoms with Crippen molar-refractivity contribution in [2.24, 2.45) is 5.73 Å². The van der Waals surface area contributed by atoms with E-state index >= 15 is 0 Å². The number of rotatable bonds is 5. The zero-order chi connectivity index (χ0) is 13.7. The molecular weight excluding hydrogens is 238 g/mol. The second-order valence-electron chi connectivity index (χ2n) is 4.43. The molecule has 1 unspecified atom stereocenters. The van der Waals surface area contributed by atoms with Crippen molar-refractivity contribution in [3.63, 3.8) is 0 Å². The fourth-order valence-corrected chi connectivity index (χ4v) is 1.99. The van der Waals surface area contributed by atoms with Gasteiger partial charge < -0.3 is 15.2 Å². The Bertz CT molecular complexity index is 505. The average Bonchev–Trinajstić information content (AvgIpc) is 2.48. The minimum Gasteiger partial charge on any atom is -0.497 e. The van der Waals surface area contributed by atoms with E-state index in [-0.39, 0.29) is 6.04 Å². The van der Waals surface area contributed by atoms with Gasteiger partial charge in [-0.2, -0.15) is 0 Å². The van der Waals surface area contributed by atoms with Gasteiger partial charge in [0.05, 0.1) is 19.8 Å². The van der Waals surface area contributed by atoms with Crippen LogP contribution in [0.15, 0.2) is 48.5 Å². The number of ether oxygens (including phenoxy) is 2. The lowest BCUT2D eigenvalue weighted by atomic mass is 9.98. The quantitative estimate of drug-likeness (QED) is 0.895. The van der Waals surface area contributed by atoms with Crippen molar-refractivity contribution in [1.82, 2.24) is 0 Å². The molecule has 2 N–H and O–H groups in total. The van der Waals surface area contributed by atoms with Crippen LogP contribution in [0, 0.1) is 0 Å². The van der Waals surface area contributed by atoms with Crippen LogP contribution in [0.1, 0.15) is 22.7 Å². The Morgan fingerprint density at radius 3 is 1.89 bits per heavy atom. The van der Waals surface area contributed by atoms with Crippen molar-refractivity contribution in [2.75, 3.05) is 14.2 Å². The first-order valence-corrected chi connectivity index (χ1v) is 6.22. The van der Waals surface area contributed by atoms with Gasteiger partial charge in [-0.1, -0.05) is 36.4 Å². The van der Waals surface area contributed by atoms with Crippen LogP contribution < -0.4 is 10.5 Å². The van der Waals surface area contributed by atoms with Crippen LogP contribution in [0.2, 0.25) is 0 Å². The third kappa shape index (κ3) is 3.34. The molecule has 0 aromatic heterocycles. The van der Waals surface area contributed by atoms with Crippen LogP contribution in [0.25, 0.3) is 0 Å². The molecular formula is C16H19NO2. The lowest BCUT2D eigenvalue weighted by molar-refractivity contribution is 0.185. The number of hydrogen-bond donors (Lipinski definition) is 1. The van der Waals surface area contributed by atoms with E-state index in [4.69, 9.17) is 15.2 Å². The smallest absolute Gasteiger partial charge is 0.118 e. The molecule has 3 nitrogen and oxygen atoms in total. The van der Waals surface area contributed by atoms with Crippen molar-refractivity contribution in [2.45, 2.75) is 12.6 Å². The second-order valence-corrected chi connectivity index (χ2v) is 4.43. The zero-order valence-electron chi connectivity index (χ0n) is 11.3. The summed E-state index contributed by atoms with van der Waals surface area (Å²) in [6.45, 7) is 0.623. The SMILES string of the molecule is COCc1ccc(C(N)c2ccc(OC)cc2)cc1. The Morgan fingerprint density at radius 2 is 1.42 bits per heavy atom. The third-order valence-electron chi connectivity index (χ3n) is 3.12. The molecule has 3 heteroatoms. The van der Waals surface area contributed by atoms with Gasteiger partial charge in [0.1, 0.15) is 5.75 Å². The summed E-state index contributed by atoms with van der Waals surface area (Å²) in [6, 6.07) is 15.9. The normalized spacial score (nSPS) is 12.2. The van der Waals surface area contributed by atoms with Gasteiger partial charge in [0.2, 0.25) is 0 Å². The van der Waals surface area contributed by atoms with E-state index in [1.807, 2.05) is 48.5 Å². The summed E-state index contributed by atoms with van der Waals surface area (Å²) in [7, 11) is 3.35. The van der Waals surface area contributed by atoms with E-state index in [1.54, 1.807) is 14.2 Å². The Balaban J connectivity index is 2.15. The summed E-state index contributed by atoms with van der Waals surface area (Å²) >= 11 is 0. The van der Waals surface area contributed by atoms with Crippen LogP contribution in [0.3, 0.4) is 0 Å². The summed E-state index contributed by atoms with van der Waals surface area (Å²) in [6.07, 6.45) is 0. The molecule has 0 amide bonds. The first-order valence-electron chi connectivity index (χ1n) is 6.22. The van der Waals surface area contributed by atoms with E-state index in [9.17, 15) is 0 Å². The van der Waals surface area contributed by atoms with Crippen LogP contribution in [-0.4, -0.2) is 14.2 Å². The zero-order valence-corrected chi connectivity index (χ0v) is 11.3. The Morgan fingerprint density at radius 1 is 0.895 bits per heavy atom. The molecule has 2 rings (SSSR count). The number of nitrogens with two attached hydrogens (primary N) is 1. The molecule has 2 aromatic carbocycles. The second kappa shape index (κ2) is 6.36. The summed E-state index contributed by atoms with van der Waals surface area (Å²) in [5.41, 5.74) is 9.56. The van der Waals surface area contributed by atoms with E-state index in [2.05, 4.69) is 0 Å². The molecule has 2 aromatic rings. The predicted octanol–water partition coefficient (Wildman–Crippen LogP) is 2.89. The van der Waals surface area contributed by atoms with Crippen LogP contribution in [0.4, 0.5) is 0 Å². The largest absolute Gasteiger partial charge is 0.497 e. The van der Waals surface area contributed by atoms with Crippen LogP contribution >= 0.6 is 0 Å². The Kier molecular flexibility index (Phi) is 4.55. The molecule has 0 saturated heterocycles. The van der Waals surface area contributed by atoms with Crippen molar-refractivity contribution in [1.29, 1.82) is 0 Å². The van der Waals surface area contributed by atoms with Gasteiger partial charge in [0.25, 0.3) is 0 Å². The standard InChI is InChI=1S/C16H19NO2/c1-18-11-12-3-5-13(6-4-12)16(17)14-7-9-15(19-2)10-8-14/h3-10,16H,11,17H2,1-2H3. The lowest BCUT2D eigenvalue weighted by Gasteiger charge is -2.13. The molecule has 0 aliphatic carbocycles. The van der Waals surface area contributed by atoms with E-state index < -0.39 is 0 Å². The third-order valence-corrected chi connectivity index (χ3v) is 3.12. The topological polar surface area (TPSA) is 44.5 Å². The summed E-state index contributed by atoms with van der Waals surface area (Å²) in [5, 5.41) is 0. The summed E-state index contributed by atoms with van der Waals surface area (Å²) in [4.78, 5) is 0. The van der Waals surface area contributed by atoms with E-state index in [0.29, 0.717) is 6.61 Å². The first kappa shape index (κ1) is 13.6. The maximum atomic E-state index is 6.26. The molecule has 100 valence electrons. The summed E-state index contributed by atoms with van der Waals surface area (Å²) < 4.78 is 10.2. The van der Waals surface area contributed by atoms with Gasteiger partial charge in [-0.15, -0.1) is 0 Å². The minimum atomic E-state index is -0.123. The predicted molar refractivity (Wildman–Crippen MR) is 76.2 cm³/mol. The molecule has 0 heterocycles. The van der Waals surface area contributed by atoms with Gasteiger partial charge in [-0.3, -0.25) is 0 Å². The van der Waals surface area contributed by atoms with Gasteiger partial charge in [0.15, 0.2) is 0 Å². The molecule has 0 fully saturated rings. The van der Waals surface area contributed by atoms with Crippen molar-refractivity contribution < 1.29 is 9.47 Å². The number of methoxy groups -OCH3 is 2. The van der Waals surface area contributed by atoms with E-state index in [1.165, 1.54) is 0 Å². The number of benzene rings is 2. The highest BCUT2D eigenvalue weighted by Crippen LogP contribution is 2.22. The Labute approximate surface area is 114 Å². The first-order chi connectivity index (χ1) is 9.24. The highest BCUT2D eigenvalue weighted by molar-refractivity contribution is 5.36. The highest BCUT2D eigenvalue weighted by Gasteiger charge is 2.08. The molecule has 1 atom stereocenters. The van der Waals surface area contributed by atoms with Crippen molar-refractivity contribution in [3.8, 4) is 5.75 Å². The van der Waals surface area contributed by atoms with Gasteiger partial charge in [-0.05, 0) is 28.8 Å². The van der Waals surface area contributed by atoms with E-state index in [0.717, 1.165) is 22.4 Å². The summed E-state index contributed by atoms with van der Waals surface area (Å²) in [5.74, 6) is 0.839. The van der Waals surface area contributed by atoms with Crippen LogP contribution in [-0.2, 0) is 11.3 Å². The van der Waals surface area contributed by atoms with Crippen molar-refractivity contribution >= 4 is 0 Å². The molecule has 19 heavy (non-hydrogen) atoms. The van der Waals surface area contributed by atoms with Gasteiger partial charge in [-0.25, -0.2) is 0 Å². The molecule has 0 aliphatic rings. The molecule has 0 bridgehead atoms. The molecule has 0 radical (unpaired) electrons. The maximum Gasteiger partial charge on any atom is 0.118 e. The number of hydrogen-bond acceptors (Lipinski definition) is 3. The molecule has 0 aliphatic heterocycles. The minimum absolute atomic E-state index is 0.123.